The minimum atomic E-state index is -0.0658. The molecule has 0 fully saturated rings. The maximum atomic E-state index is 9.44. The van der Waals surface area contributed by atoms with Gasteiger partial charge < -0.3 is 21.3 Å². The molecule has 0 unspecified atom stereocenters. The first-order chi connectivity index (χ1) is 7.13. The molecule has 0 bridgehead atoms. The Hall–Kier alpha value is -2.24. The van der Waals surface area contributed by atoms with Crippen LogP contribution in [0.1, 0.15) is 5.56 Å². The Morgan fingerprint density at radius 3 is 2.80 bits per heavy atom. The maximum absolute atomic E-state index is 9.44. The highest BCUT2D eigenvalue weighted by Crippen LogP contribution is 2.25. The number of hydrazone groups is 1. The fourth-order valence-corrected chi connectivity index (χ4v) is 0.978. The molecule has 0 saturated heterocycles. The second kappa shape index (κ2) is 4.85. The van der Waals surface area contributed by atoms with Gasteiger partial charge in [-0.1, -0.05) is 0 Å². The van der Waals surface area contributed by atoms with Gasteiger partial charge in [-0.25, -0.2) is 0 Å². The topological polar surface area (TPSA) is 108 Å². The summed E-state index contributed by atoms with van der Waals surface area (Å²) in [4.78, 5) is 0. The molecule has 15 heavy (non-hydrogen) atoms. The van der Waals surface area contributed by atoms with E-state index in [2.05, 4.69) is 10.2 Å². The van der Waals surface area contributed by atoms with E-state index in [-0.39, 0.29) is 11.7 Å². The van der Waals surface area contributed by atoms with Gasteiger partial charge in [0.1, 0.15) is 0 Å². The average Bonchev–Trinajstić information content (AvgIpc) is 2.17. The molecule has 0 amide bonds. The number of hydrogen-bond acceptors (Lipinski definition) is 3. The summed E-state index contributed by atoms with van der Waals surface area (Å²) in [5.74, 6) is 0.399. The van der Waals surface area contributed by atoms with Gasteiger partial charge in [0.15, 0.2) is 11.5 Å². The molecule has 0 aliphatic heterocycles. The zero-order valence-electron chi connectivity index (χ0n) is 8.27. The van der Waals surface area contributed by atoms with Gasteiger partial charge >= 0.3 is 0 Å². The molecule has 1 rings (SSSR count). The second-order valence-electron chi connectivity index (χ2n) is 2.74. The molecule has 0 heterocycles. The third kappa shape index (κ3) is 3.18. The number of benzene rings is 1. The highest BCUT2D eigenvalue weighted by molar-refractivity contribution is 5.77. The van der Waals surface area contributed by atoms with Gasteiger partial charge in [-0.05, 0) is 18.2 Å². The number of hydrogen-bond donors (Lipinski definition) is 4. The zero-order valence-corrected chi connectivity index (χ0v) is 8.27. The Balaban J connectivity index is 2.84. The molecular weight excluding hydrogens is 196 g/mol. The molecule has 80 valence electrons. The van der Waals surface area contributed by atoms with Crippen molar-refractivity contribution in [3.05, 3.63) is 23.8 Å². The first-order valence-electron chi connectivity index (χ1n) is 4.18. The van der Waals surface area contributed by atoms with E-state index in [1.54, 1.807) is 18.3 Å². The van der Waals surface area contributed by atoms with Crippen molar-refractivity contribution in [1.82, 2.24) is 0 Å². The molecule has 0 saturated carbocycles. The molecule has 0 radical (unpaired) electrons. The van der Waals surface area contributed by atoms with Gasteiger partial charge in [-0.3, -0.25) is 0 Å². The summed E-state index contributed by atoms with van der Waals surface area (Å²) in [6.07, 6.45) is 1.54. The van der Waals surface area contributed by atoms with Crippen LogP contribution < -0.4 is 21.3 Å². The van der Waals surface area contributed by atoms with E-state index in [0.717, 1.165) is 5.56 Å². The molecule has 0 atom stereocenters. The molecule has 6 N–H and O–H groups in total. The number of nitrogens with zero attached hydrogens (tertiary/aromatic N) is 1. The minimum absolute atomic E-state index is 0.0535. The fraction of sp³-hybridized carbons (Fsp3) is 0.111. The van der Waals surface area contributed by atoms with Gasteiger partial charge in [0.25, 0.3) is 5.96 Å². The smallest absolute Gasteiger partial charge is 0.256 e. The number of phenolic OH excluding ortho intramolecular Hbond substituents is 1. The Bertz CT molecular complexity index is 397. The van der Waals surface area contributed by atoms with Crippen molar-refractivity contribution in [3.8, 4) is 11.5 Å². The molecule has 1 aromatic carbocycles. The summed E-state index contributed by atoms with van der Waals surface area (Å²) in [5.41, 5.74) is 10.9. The molecule has 0 spiro atoms. The third-order valence-electron chi connectivity index (χ3n) is 1.63. The summed E-state index contributed by atoms with van der Waals surface area (Å²) in [5, 5.41) is 15.5. The van der Waals surface area contributed by atoms with E-state index in [1.807, 2.05) is 0 Å². The largest absolute Gasteiger partial charge is 0.504 e. The Morgan fingerprint density at radius 2 is 2.27 bits per heavy atom. The van der Waals surface area contributed by atoms with E-state index >= 15 is 0 Å². The number of rotatable bonds is 3. The SMILES string of the molecule is COc1ccc(/C=[NH+]/N=C(N)N)cc1O. The summed E-state index contributed by atoms with van der Waals surface area (Å²) >= 11 is 0. The van der Waals surface area contributed by atoms with E-state index in [0.29, 0.717) is 5.75 Å². The van der Waals surface area contributed by atoms with Gasteiger partial charge in [-0.15, -0.1) is 5.10 Å². The molecular formula is C9H13N4O2+. The molecule has 1 aromatic rings. The van der Waals surface area contributed by atoms with Gasteiger partial charge in [-0.2, -0.15) is 0 Å². The number of guanidine groups is 1. The van der Waals surface area contributed by atoms with E-state index in [1.165, 1.54) is 13.2 Å². The Morgan fingerprint density at radius 1 is 1.53 bits per heavy atom. The number of ether oxygens (including phenoxy) is 1. The van der Waals surface area contributed by atoms with Crippen LogP contribution in [0, 0.1) is 0 Å². The van der Waals surface area contributed by atoms with Crippen LogP contribution in [-0.4, -0.2) is 24.4 Å². The van der Waals surface area contributed by atoms with Crippen molar-refractivity contribution < 1.29 is 14.9 Å². The standard InChI is InChI=1S/C9H12N4O2/c1-15-8-3-2-6(4-7(8)14)5-12-13-9(10)11/h2-5,14H,1H3,(H4,10,11,13)/p+1/b12-5+. The molecule has 0 aliphatic carbocycles. The lowest BCUT2D eigenvalue weighted by Crippen LogP contribution is -2.63. The maximum Gasteiger partial charge on any atom is 0.256 e. The van der Waals surface area contributed by atoms with Crippen LogP contribution >= 0.6 is 0 Å². The zero-order chi connectivity index (χ0) is 11.3. The van der Waals surface area contributed by atoms with Crippen LogP contribution in [0.2, 0.25) is 0 Å². The van der Waals surface area contributed by atoms with E-state index in [4.69, 9.17) is 16.2 Å². The number of nitrogens with one attached hydrogen (secondary N) is 1. The Kier molecular flexibility index (Phi) is 3.50. The summed E-state index contributed by atoms with van der Waals surface area (Å²) in [7, 11) is 1.48. The van der Waals surface area contributed by atoms with Crippen molar-refractivity contribution in [2.45, 2.75) is 0 Å². The first kappa shape index (κ1) is 10.8. The second-order valence-corrected chi connectivity index (χ2v) is 2.74. The lowest BCUT2D eigenvalue weighted by molar-refractivity contribution is -0.456. The summed E-state index contributed by atoms with van der Waals surface area (Å²) in [6, 6.07) is 4.90. The number of aromatic hydroxyl groups is 1. The number of nitrogens with two attached hydrogens (primary N) is 2. The molecule has 6 nitrogen and oxygen atoms in total. The number of methoxy groups -OCH3 is 1. The lowest BCUT2D eigenvalue weighted by Gasteiger charge is -2.01. The highest BCUT2D eigenvalue weighted by atomic mass is 16.5. The quantitative estimate of drug-likeness (QED) is 0.264. The average molecular weight is 209 g/mol. The summed E-state index contributed by atoms with van der Waals surface area (Å²) in [6.45, 7) is 0. The van der Waals surface area contributed by atoms with Crippen LogP contribution in [0.4, 0.5) is 0 Å². The Labute approximate surface area is 86.9 Å². The van der Waals surface area contributed by atoms with Crippen LogP contribution in [0.15, 0.2) is 23.3 Å². The molecule has 0 aromatic heterocycles. The fourth-order valence-electron chi connectivity index (χ4n) is 0.978. The lowest BCUT2D eigenvalue weighted by atomic mass is 10.2. The highest BCUT2D eigenvalue weighted by Gasteiger charge is 2.01. The van der Waals surface area contributed by atoms with Crippen molar-refractivity contribution in [2.24, 2.45) is 16.6 Å². The first-order valence-corrected chi connectivity index (χ1v) is 4.18. The van der Waals surface area contributed by atoms with Crippen molar-refractivity contribution in [1.29, 1.82) is 0 Å². The van der Waals surface area contributed by atoms with Crippen LogP contribution in [0.5, 0.6) is 11.5 Å². The molecule has 0 aliphatic rings. The van der Waals surface area contributed by atoms with E-state index in [9.17, 15) is 5.11 Å². The van der Waals surface area contributed by atoms with Crippen LogP contribution in [0.3, 0.4) is 0 Å². The van der Waals surface area contributed by atoms with Crippen molar-refractivity contribution >= 4 is 12.2 Å². The predicted octanol–water partition coefficient (Wildman–Crippen LogP) is -1.91. The summed E-state index contributed by atoms with van der Waals surface area (Å²) < 4.78 is 4.89. The monoisotopic (exact) mass is 209 g/mol. The van der Waals surface area contributed by atoms with Gasteiger partial charge in [0.2, 0.25) is 6.21 Å². The van der Waals surface area contributed by atoms with Crippen LogP contribution in [-0.2, 0) is 0 Å². The number of phenols is 1. The van der Waals surface area contributed by atoms with Crippen LogP contribution in [0.25, 0.3) is 0 Å². The van der Waals surface area contributed by atoms with Gasteiger partial charge in [0, 0.05) is 10.7 Å². The third-order valence-corrected chi connectivity index (χ3v) is 1.63. The van der Waals surface area contributed by atoms with Crippen molar-refractivity contribution in [3.63, 3.8) is 0 Å². The normalized spacial score (nSPS) is 10.2. The predicted molar refractivity (Wildman–Crippen MR) is 56.6 cm³/mol. The molecule has 6 heteroatoms. The van der Waals surface area contributed by atoms with Crippen molar-refractivity contribution in [2.75, 3.05) is 7.11 Å². The van der Waals surface area contributed by atoms with Gasteiger partial charge in [0.05, 0.1) is 7.11 Å². The minimum Gasteiger partial charge on any atom is -0.504 e. The van der Waals surface area contributed by atoms with E-state index < -0.39 is 0 Å².